The van der Waals surface area contributed by atoms with Crippen LogP contribution in [0.5, 0.6) is 0 Å². The first-order chi connectivity index (χ1) is 8.78. The third-order valence-electron chi connectivity index (χ3n) is 2.89. The average molecular weight is 286 g/mol. The van der Waals surface area contributed by atoms with Gasteiger partial charge in [-0.1, -0.05) is 17.7 Å². The van der Waals surface area contributed by atoms with Gasteiger partial charge in [0.25, 0.3) is 0 Å². The molecular formula is C13H22N2O3S. The standard InChI is InChI=1S/C13H22N2O3S/c1-10-5-6-13(11(2)7-10)19(16,17)15(3)8-12(14)9-18-4/h5-7,12H,8-9,14H2,1-4H3. The molecule has 1 aromatic carbocycles. The summed E-state index contributed by atoms with van der Waals surface area (Å²) in [4.78, 5) is 0.324. The van der Waals surface area contributed by atoms with E-state index in [2.05, 4.69) is 0 Å². The first-order valence-corrected chi connectivity index (χ1v) is 7.51. The predicted octanol–water partition coefficient (Wildman–Crippen LogP) is 0.898. The molecule has 0 heterocycles. The van der Waals surface area contributed by atoms with Crippen LogP contribution in [0.25, 0.3) is 0 Å². The Labute approximate surface area is 115 Å². The summed E-state index contributed by atoms with van der Waals surface area (Å²) in [5.74, 6) is 0. The molecule has 0 aromatic heterocycles. The lowest BCUT2D eigenvalue weighted by molar-refractivity contribution is 0.173. The second-order valence-electron chi connectivity index (χ2n) is 4.77. The number of benzene rings is 1. The zero-order valence-corrected chi connectivity index (χ0v) is 12.7. The minimum atomic E-state index is -3.50. The number of ether oxygens (including phenoxy) is 1. The van der Waals surface area contributed by atoms with E-state index in [0.29, 0.717) is 11.5 Å². The van der Waals surface area contributed by atoms with E-state index in [4.69, 9.17) is 10.5 Å². The highest BCUT2D eigenvalue weighted by atomic mass is 32.2. The Morgan fingerprint density at radius 3 is 2.53 bits per heavy atom. The number of sulfonamides is 1. The molecule has 1 rings (SSSR count). The van der Waals surface area contributed by atoms with Crippen molar-refractivity contribution in [2.75, 3.05) is 27.3 Å². The van der Waals surface area contributed by atoms with Crippen molar-refractivity contribution >= 4 is 10.0 Å². The van der Waals surface area contributed by atoms with Gasteiger partial charge < -0.3 is 10.5 Å². The minimum Gasteiger partial charge on any atom is -0.383 e. The Morgan fingerprint density at radius 1 is 1.37 bits per heavy atom. The Balaban J connectivity index is 2.97. The highest BCUT2D eigenvalue weighted by molar-refractivity contribution is 7.89. The molecular weight excluding hydrogens is 264 g/mol. The summed E-state index contributed by atoms with van der Waals surface area (Å²) in [5, 5.41) is 0. The van der Waals surface area contributed by atoms with E-state index >= 15 is 0 Å². The second-order valence-corrected chi connectivity index (χ2v) is 6.78. The summed E-state index contributed by atoms with van der Waals surface area (Å²) < 4.78 is 31.1. The third-order valence-corrected chi connectivity index (χ3v) is 4.87. The van der Waals surface area contributed by atoms with Crippen LogP contribution in [-0.4, -0.2) is 46.1 Å². The van der Waals surface area contributed by atoms with Gasteiger partial charge in [-0.3, -0.25) is 0 Å². The number of nitrogens with zero attached hydrogens (tertiary/aromatic N) is 1. The molecule has 2 N–H and O–H groups in total. The fourth-order valence-corrected chi connectivity index (χ4v) is 3.38. The lowest BCUT2D eigenvalue weighted by Crippen LogP contribution is -2.41. The van der Waals surface area contributed by atoms with Gasteiger partial charge in [-0.15, -0.1) is 0 Å². The largest absolute Gasteiger partial charge is 0.383 e. The summed E-state index contributed by atoms with van der Waals surface area (Å²) in [6.45, 7) is 4.28. The van der Waals surface area contributed by atoms with Crippen molar-refractivity contribution < 1.29 is 13.2 Å². The lowest BCUT2D eigenvalue weighted by Gasteiger charge is -2.21. The highest BCUT2D eigenvalue weighted by Crippen LogP contribution is 2.20. The molecule has 0 saturated carbocycles. The monoisotopic (exact) mass is 286 g/mol. The molecule has 0 bridgehead atoms. The van der Waals surface area contributed by atoms with Crippen LogP contribution in [0.2, 0.25) is 0 Å². The smallest absolute Gasteiger partial charge is 0.243 e. The van der Waals surface area contributed by atoms with Gasteiger partial charge in [0.15, 0.2) is 0 Å². The molecule has 0 aliphatic carbocycles. The van der Waals surface area contributed by atoms with Crippen molar-refractivity contribution in [2.24, 2.45) is 5.73 Å². The fraction of sp³-hybridized carbons (Fsp3) is 0.538. The number of methoxy groups -OCH3 is 1. The molecule has 0 radical (unpaired) electrons. The van der Waals surface area contributed by atoms with Gasteiger partial charge in [0, 0.05) is 26.7 Å². The van der Waals surface area contributed by atoms with Crippen LogP contribution in [0.4, 0.5) is 0 Å². The van der Waals surface area contributed by atoms with Crippen molar-refractivity contribution in [1.82, 2.24) is 4.31 Å². The third kappa shape index (κ3) is 4.01. The van der Waals surface area contributed by atoms with E-state index in [1.165, 1.54) is 11.4 Å². The second kappa shape index (κ2) is 6.47. The highest BCUT2D eigenvalue weighted by Gasteiger charge is 2.24. The van der Waals surface area contributed by atoms with Crippen LogP contribution < -0.4 is 5.73 Å². The molecule has 0 aliphatic rings. The van der Waals surface area contributed by atoms with Gasteiger partial charge in [0.05, 0.1) is 11.5 Å². The molecule has 0 aliphatic heterocycles. The fourth-order valence-electron chi connectivity index (χ4n) is 1.95. The maximum Gasteiger partial charge on any atom is 0.243 e. The number of aryl methyl sites for hydroxylation is 2. The summed E-state index contributed by atoms with van der Waals surface area (Å²) in [7, 11) is -0.430. The predicted molar refractivity (Wildman–Crippen MR) is 75.6 cm³/mol. The van der Waals surface area contributed by atoms with Gasteiger partial charge in [0.2, 0.25) is 10.0 Å². The maximum atomic E-state index is 12.4. The van der Waals surface area contributed by atoms with Gasteiger partial charge >= 0.3 is 0 Å². The summed E-state index contributed by atoms with van der Waals surface area (Å²) in [5.41, 5.74) is 7.57. The van der Waals surface area contributed by atoms with E-state index in [0.717, 1.165) is 11.1 Å². The van der Waals surface area contributed by atoms with E-state index in [1.807, 2.05) is 13.0 Å². The molecule has 1 unspecified atom stereocenters. The Bertz CT molecular complexity index is 529. The average Bonchev–Trinajstić information content (AvgIpc) is 2.28. The zero-order valence-electron chi connectivity index (χ0n) is 11.9. The molecule has 5 nitrogen and oxygen atoms in total. The number of likely N-dealkylation sites (N-methyl/N-ethyl adjacent to an activating group) is 1. The van der Waals surface area contributed by atoms with Crippen LogP contribution in [-0.2, 0) is 14.8 Å². The summed E-state index contributed by atoms with van der Waals surface area (Å²) >= 11 is 0. The number of hydrogen-bond donors (Lipinski definition) is 1. The van der Waals surface area contributed by atoms with E-state index in [1.54, 1.807) is 26.2 Å². The van der Waals surface area contributed by atoms with Gasteiger partial charge in [0.1, 0.15) is 0 Å². The van der Waals surface area contributed by atoms with Crippen molar-refractivity contribution in [3.63, 3.8) is 0 Å². The molecule has 6 heteroatoms. The van der Waals surface area contributed by atoms with E-state index in [9.17, 15) is 8.42 Å². The maximum absolute atomic E-state index is 12.4. The summed E-state index contributed by atoms with van der Waals surface area (Å²) in [6.07, 6.45) is 0. The molecule has 108 valence electrons. The van der Waals surface area contributed by atoms with Crippen molar-refractivity contribution in [3.8, 4) is 0 Å². The van der Waals surface area contributed by atoms with Crippen LogP contribution in [0.1, 0.15) is 11.1 Å². The molecule has 19 heavy (non-hydrogen) atoms. The Kier molecular flexibility index (Phi) is 5.49. The lowest BCUT2D eigenvalue weighted by atomic mass is 10.2. The van der Waals surface area contributed by atoms with Crippen LogP contribution >= 0.6 is 0 Å². The Hall–Kier alpha value is -0.950. The van der Waals surface area contributed by atoms with Gasteiger partial charge in [-0.2, -0.15) is 4.31 Å². The van der Waals surface area contributed by atoms with Crippen molar-refractivity contribution in [3.05, 3.63) is 29.3 Å². The number of nitrogens with two attached hydrogens (primary N) is 1. The Morgan fingerprint density at radius 2 is 2.00 bits per heavy atom. The van der Waals surface area contributed by atoms with Crippen molar-refractivity contribution in [2.45, 2.75) is 24.8 Å². The normalized spacial score (nSPS) is 13.8. The first-order valence-electron chi connectivity index (χ1n) is 6.07. The molecule has 1 aromatic rings. The molecule has 0 fully saturated rings. The quantitative estimate of drug-likeness (QED) is 0.843. The van der Waals surface area contributed by atoms with Crippen molar-refractivity contribution in [1.29, 1.82) is 0 Å². The van der Waals surface area contributed by atoms with E-state index < -0.39 is 10.0 Å². The zero-order chi connectivity index (χ0) is 14.6. The van der Waals surface area contributed by atoms with Crippen LogP contribution in [0, 0.1) is 13.8 Å². The SMILES string of the molecule is COCC(N)CN(C)S(=O)(=O)c1ccc(C)cc1C. The van der Waals surface area contributed by atoms with Crippen LogP contribution in [0.3, 0.4) is 0 Å². The van der Waals surface area contributed by atoms with Gasteiger partial charge in [-0.05, 0) is 25.5 Å². The molecule has 0 spiro atoms. The molecule has 0 amide bonds. The van der Waals surface area contributed by atoms with Gasteiger partial charge in [-0.25, -0.2) is 8.42 Å². The molecule has 0 saturated heterocycles. The summed E-state index contributed by atoms with van der Waals surface area (Å²) in [6, 6.07) is 4.95. The van der Waals surface area contributed by atoms with E-state index in [-0.39, 0.29) is 12.6 Å². The van der Waals surface area contributed by atoms with Crippen LogP contribution in [0.15, 0.2) is 23.1 Å². The topological polar surface area (TPSA) is 72.6 Å². The number of rotatable bonds is 6. The first kappa shape index (κ1) is 16.1. The number of hydrogen-bond acceptors (Lipinski definition) is 4. The molecule has 1 atom stereocenters. The minimum absolute atomic E-state index is 0.226.